The zero-order valence-electron chi connectivity index (χ0n) is 11.0. The summed E-state index contributed by atoms with van der Waals surface area (Å²) >= 11 is 0. The van der Waals surface area contributed by atoms with Crippen LogP contribution in [0.2, 0.25) is 0 Å². The molecule has 2 saturated heterocycles. The second-order valence-electron chi connectivity index (χ2n) is 5.55. The van der Waals surface area contributed by atoms with Gasteiger partial charge >= 0.3 is 0 Å². The first-order valence-corrected chi connectivity index (χ1v) is 7.22. The molecule has 1 aromatic heterocycles. The van der Waals surface area contributed by atoms with Gasteiger partial charge in [0.15, 0.2) is 0 Å². The van der Waals surface area contributed by atoms with E-state index in [1.807, 2.05) is 6.33 Å². The van der Waals surface area contributed by atoms with Crippen LogP contribution in [0.15, 0.2) is 12.5 Å². The van der Waals surface area contributed by atoms with E-state index in [1.54, 1.807) is 0 Å². The topological polar surface area (TPSA) is 39.1 Å². The van der Waals surface area contributed by atoms with Crippen molar-refractivity contribution in [3.05, 3.63) is 18.2 Å². The van der Waals surface area contributed by atoms with Crippen LogP contribution in [0.25, 0.3) is 0 Å². The summed E-state index contributed by atoms with van der Waals surface area (Å²) in [5.41, 5.74) is 1.45. The van der Waals surface area contributed by atoms with Crippen LogP contribution in [0, 0.1) is 5.92 Å². The Morgan fingerprint density at radius 3 is 2.78 bits per heavy atom. The number of nitrogens with zero attached hydrogens (tertiary/aromatic N) is 2. The molecule has 2 fully saturated rings. The standard InChI is InChI=1S/C14H23N3O/c1-5-15-6-2-13(1)14-9-16-11-17(14)10-12-3-7-18-8-4-12/h9,11-13,15H,1-8,10H2. The van der Waals surface area contributed by atoms with Gasteiger partial charge in [0, 0.05) is 37.6 Å². The summed E-state index contributed by atoms with van der Waals surface area (Å²) in [4.78, 5) is 4.37. The zero-order chi connectivity index (χ0) is 12.2. The second kappa shape index (κ2) is 5.85. The maximum Gasteiger partial charge on any atom is 0.0948 e. The van der Waals surface area contributed by atoms with Crippen LogP contribution >= 0.6 is 0 Å². The molecule has 2 aliphatic heterocycles. The Bertz CT molecular complexity index is 365. The highest BCUT2D eigenvalue weighted by molar-refractivity contribution is 5.08. The third-order valence-electron chi connectivity index (χ3n) is 4.30. The Morgan fingerprint density at radius 1 is 1.22 bits per heavy atom. The molecule has 2 aliphatic rings. The van der Waals surface area contributed by atoms with Crippen LogP contribution in [-0.2, 0) is 11.3 Å². The molecule has 3 heterocycles. The van der Waals surface area contributed by atoms with Crippen molar-refractivity contribution >= 4 is 0 Å². The number of ether oxygens (including phenoxy) is 1. The van der Waals surface area contributed by atoms with Gasteiger partial charge in [-0.3, -0.25) is 0 Å². The number of nitrogens with one attached hydrogen (secondary N) is 1. The first-order chi connectivity index (χ1) is 8.93. The van der Waals surface area contributed by atoms with E-state index in [9.17, 15) is 0 Å². The highest BCUT2D eigenvalue weighted by Gasteiger charge is 2.21. The second-order valence-corrected chi connectivity index (χ2v) is 5.55. The van der Waals surface area contributed by atoms with Gasteiger partial charge in [0.05, 0.1) is 6.33 Å². The molecule has 0 bridgehead atoms. The Labute approximate surface area is 109 Å². The molecule has 0 unspecified atom stereocenters. The van der Waals surface area contributed by atoms with Crippen molar-refractivity contribution in [2.45, 2.75) is 38.1 Å². The van der Waals surface area contributed by atoms with Crippen LogP contribution in [0.5, 0.6) is 0 Å². The fraction of sp³-hybridized carbons (Fsp3) is 0.786. The lowest BCUT2D eigenvalue weighted by molar-refractivity contribution is 0.0609. The molecule has 100 valence electrons. The van der Waals surface area contributed by atoms with E-state index in [1.165, 1.54) is 31.4 Å². The molecule has 0 saturated carbocycles. The summed E-state index contributed by atoms with van der Waals surface area (Å²) in [6, 6.07) is 0. The van der Waals surface area contributed by atoms with Crippen LogP contribution < -0.4 is 5.32 Å². The molecule has 1 N–H and O–H groups in total. The third kappa shape index (κ3) is 2.75. The van der Waals surface area contributed by atoms with Crippen molar-refractivity contribution in [2.75, 3.05) is 26.3 Å². The predicted octanol–water partition coefficient (Wildman–Crippen LogP) is 1.78. The van der Waals surface area contributed by atoms with Gasteiger partial charge in [-0.15, -0.1) is 0 Å². The largest absolute Gasteiger partial charge is 0.381 e. The minimum atomic E-state index is 0.702. The number of aromatic nitrogens is 2. The monoisotopic (exact) mass is 249 g/mol. The molecule has 0 radical (unpaired) electrons. The molecule has 0 amide bonds. The Balaban J connectivity index is 1.66. The van der Waals surface area contributed by atoms with Gasteiger partial charge in [0.2, 0.25) is 0 Å². The van der Waals surface area contributed by atoms with Crippen LogP contribution in [0.1, 0.15) is 37.3 Å². The van der Waals surface area contributed by atoms with Gasteiger partial charge < -0.3 is 14.6 Å². The summed E-state index contributed by atoms with van der Waals surface area (Å²) < 4.78 is 7.83. The summed E-state index contributed by atoms with van der Waals surface area (Å²) in [7, 11) is 0. The average molecular weight is 249 g/mol. The lowest BCUT2D eigenvalue weighted by Gasteiger charge is -2.27. The van der Waals surface area contributed by atoms with Crippen LogP contribution in [0.4, 0.5) is 0 Å². The molecule has 3 rings (SSSR count). The summed E-state index contributed by atoms with van der Waals surface area (Å²) in [5, 5.41) is 3.43. The average Bonchev–Trinajstić information content (AvgIpc) is 2.89. The van der Waals surface area contributed by atoms with Crippen molar-refractivity contribution in [3.8, 4) is 0 Å². The summed E-state index contributed by atoms with van der Waals surface area (Å²) in [6.07, 6.45) is 8.99. The predicted molar refractivity (Wildman–Crippen MR) is 70.6 cm³/mol. The molecular formula is C14H23N3O. The summed E-state index contributed by atoms with van der Waals surface area (Å²) in [6.45, 7) is 5.28. The maximum atomic E-state index is 5.43. The van der Waals surface area contributed by atoms with Crippen molar-refractivity contribution in [2.24, 2.45) is 5.92 Å². The zero-order valence-corrected chi connectivity index (χ0v) is 11.0. The van der Waals surface area contributed by atoms with Crippen LogP contribution in [0.3, 0.4) is 0 Å². The molecular weight excluding hydrogens is 226 g/mol. The van der Waals surface area contributed by atoms with E-state index >= 15 is 0 Å². The minimum absolute atomic E-state index is 0.702. The molecule has 1 aromatic rings. The molecule has 18 heavy (non-hydrogen) atoms. The van der Waals surface area contributed by atoms with Gasteiger partial charge in [0.25, 0.3) is 0 Å². The molecule has 4 heteroatoms. The lowest BCUT2D eigenvalue weighted by atomic mass is 9.94. The van der Waals surface area contributed by atoms with E-state index < -0.39 is 0 Å². The minimum Gasteiger partial charge on any atom is -0.381 e. The van der Waals surface area contributed by atoms with Crippen molar-refractivity contribution < 1.29 is 4.74 Å². The molecule has 0 atom stereocenters. The van der Waals surface area contributed by atoms with Crippen molar-refractivity contribution in [1.29, 1.82) is 0 Å². The third-order valence-corrected chi connectivity index (χ3v) is 4.30. The number of hydrogen-bond donors (Lipinski definition) is 1. The normalized spacial score (nSPS) is 23.3. The number of imidazole rings is 1. The fourth-order valence-corrected chi connectivity index (χ4v) is 3.15. The smallest absolute Gasteiger partial charge is 0.0948 e. The first-order valence-electron chi connectivity index (χ1n) is 7.22. The molecule has 4 nitrogen and oxygen atoms in total. The SMILES string of the molecule is c1ncn(CC2CCOCC2)c1C1CCNCC1. The fourth-order valence-electron chi connectivity index (χ4n) is 3.15. The van der Waals surface area contributed by atoms with E-state index in [-0.39, 0.29) is 0 Å². The highest BCUT2D eigenvalue weighted by Crippen LogP contribution is 2.26. The van der Waals surface area contributed by atoms with Gasteiger partial charge in [-0.25, -0.2) is 4.98 Å². The summed E-state index contributed by atoms with van der Waals surface area (Å²) in [5.74, 6) is 1.47. The maximum absolute atomic E-state index is 5.43. The van der Waals surface area contributed by atoms with Crippen molar-refractivity contribution in [3.63, 3.8) is 0 Å². The first kappa shape index (κ1) is 12.2. The molecule has 0 aliphatic carbocycles. The Hall–Kier alpha value is -0.870. The molecule has 0 spiro atoms. The highest BCUT2D eigenvalue weighted by atomic mass is 16.5. The van der Waals surface area contributed by atoms with E-state index in [0.717, 1.165) is 38.8 Å². The Morgan fingerprint density at radius 2 is 2.00 bits per heavy atom. The molecule has 0 aromatic carbocycles. The number of rotatable bonds is 3. The van der Waals surface area contributed by atoms with Gasteiger partial charge in [-0.2, -0.15) is 0 Å². The quantitative estimate of drug-likeness (QED) is 0.887. The van der Waals surface area contributed by atoms with Gasteiger partial charge in [-0.05, 0) is 44.7 Å². The van der Waals surface area contributed by atoms with E-state index in [4.69, 9.17) is 4.74 Å². The Kier molecular flexibility index (Phi) is 3.96. The van der Waals surface area contributed by atoms with Gasteiger partial charge in [0.1, 0.15) is 0 Å². The van der Waals surface area contributed by atoms with E-state index in [2.05, 4.69) is 21.1 Å². The number of piperidine rings is 1. The lowest BCUT2D eigenvalue weighted by Crippen LogP contribution is -2.28. The van der Waals surface area contributed by atoms with E-state index in [0.29, 0.717) is 5.92 Å². The van der Waals surface area contributed by atoms with Gasteiger partial charge in [-0.1, -0.05) is 0 Å². The number of hydrogen-bond acceptors (Lipinski definition) is 3. The van der Waals surface area contributed by atoms with Crippen LogP contribution in [-0.4, -0.2) is 35.9 Å². The van der Waals surface area contributed by atoms with Crippen molar-refractivity contribution in [1.82, 2.24) is 14.9 Å².